The Morgan fingerprint density at radius 3 is 2.58 bits per heavy atom. The summed E-state index contributed by atoms with van der Waals surface area (Å²) in [5, 5.41) is 0. The molecule has 0 bridgehead atoms. The van der Waals surface area contributed by atoms with E-state index in [1.54, 1.807) is 6.07 Å². The van der Waals surface area contributed by atoms with E-state index in [1.807, 2.05) is 0 Å². The fourth-order valence-corrected chi connectivity index (χ4v) is 3.60. The first kappa shape index (κ1) is 18.1. The van der Waals surface area contributed by atoms with Crippen LogP contribution in [0.5, 0.6) is 11.6 Å². The standard InChI is InChI=1S/C14H14FNO6S2/c1-20-10-5-4-8(6-9(10)15)7-22-12-11(13(17)21-2)14(23-16-12)24(3,18)19/h4-6H,7H2,1-3H3. The van der Waals surface area contributed by atoms with Gasteiger partial charge in [0.2, 0.25) is 5.88 Å². The first-order valence-electron chi connectivity index (χ1n) is 6.51. The fourth-order valence-electron chi connectivity index (χ4n) is 1.84. The van der Waals surface area contributed by atoms with Gasteiger partial charge in [0.25, 0.3) is 0 Å². The molecule has 0 saturated carbocycles. The topological polar surface area (TPSA) is 91.8 Å². The molecule has 0 amide bonds. The van der Waals surface area contributed by atoms with E-state index in [9.17, 15) is 17.6 Å². The van der Waals surface area contributed by atoms with Crippen LogP contribution in [0.1, 0.15) is 15.9 Å². The van der Waals surface area contributed by atoms with Gasteiger partial charge in [0.15, 0.2) is 31.2 Å². The highest BCUT2D eigenvalue weighted by atomic mass is 32.2. The summed E-state index contributed by atoms with van der Waals surface area (Å²) in [7, 11) is -1.20. The van der Waals surface area contributed by atoms with Crippen LogP contribution in [0, 0.1) is 5.82 Å². The van der Waals surface area contributed by atoms with Gasteiger partial charge in [-0.25, -0.2) is 17.6 Å². The van der Waals surface area contributed by atoms with Gasteiger partial charge in [0.05, 0.1) is 14.2 Å². The lowest BCUT2D eigenvalue weighted by atomic mass is 10.2. The molecule has 0 atom stereocenters. The summed E-state index contributed by atoms with van der Waals surface area (Å²) in [6.07, 6.45) is 0.954. The summed E-state index contributed by atoms with van der Waals surface area (Å²) in [5.74, 6) is -1.53. The van der Waals surface area contributed by atoms with Crippen molar-refractivity contribution in [2.24, 2.45) is 0 Å². The Bertz CT molecular complexity index is 862. The Kier molecular flexibility index (Phi) is 5.40. The Labute approximate surface area is 142 Å². The second-order valence-corrected chi connectivity index (χ2v) is 7.66. The van der Waals surface area contributed by atoms with E-state index in [2.05, 4.69) is 9.11 Å². The predicted octanol–water partition coefficient (Wildman–Crippen LogP) is 2.06. The third-order valence-corrected chi connectivity index (χ3v) is 5.58. The molecule has 0 saturated heterocycles. The van der Waals surface area contributed by atoms with Gasteiger partial charge in [-0.05, 0) is 29.2 Å². The van der Waals surface area contributed by atoms with Crippen LogP contribution in [-0.2, 0) is 21.2 Å². The molecule has 1 aromatic heterocycles. The van der Waals surface area contributed by atoms with E-state index in [4.69, 9.17) is 9.47 Å². The van der Waals surface area contributed by atoms with E-state index in [-0.39, 0.29) is 28.0 Å². The molecule has 2 aromatic rings. The normalized spacial score (nSPS) is 11.2. The number of carbonyl (C=O) groups excluding carboxylic acids is 1. The molecule has 0 fully saturated rings. The van der Waals surface area contributed by atoms with Crippen LogP contribution in [0.3, 0.4) is 0 Å². The number of methoxy groups -OCH3 is 2. The summed E-state index contributed by atoms with van der Waals surface area (Å²) in [6, 6.07) is 4.21. The second-order valence-electron chi connectivity index (χ2n) is 4.67. The Balaban J connectivity index is 2.29. The zero-order valence-corrected chi connectivity index (χ0v) is 14.7. The largest absolute Gasteiger partial charge is 0.494 e. The number of hydrogen-bond donors (Lipinski definition) is 0. The highest BCUT2D eigenvalue weighted by Crippen LogP contribution is 2.31. The maximum absolute atomic E-state index is 13.7. The molecular weight excluding hydrogens is 361 g/mol. The van der Waals surface area contributed by atoms with Crippen LogP contribution in [0.25, 0.3) is 0 Å². The van der Waals surface area contributed by atoms with Crippen molar-refractivity contribution in [3.63, 3.8) is 0 Å². The first-order valence-corrected chi connectivity index (χ1v) is 9.17. The van der Waals surface area contributed by atoms with E-state index in [0.29, 0.717) is 17.1 Å². The molecule has 0 aliphatic carbocycles. The third kappa shape index (κ3) is 3.82. The number of esters is 1. The fraction of sp³-hybridized carbons (Fsp3) is 0.286. The van der Waals surface area contributed by atoms with Gasteiger partial charge >= 0.3 is 5.97 Å². The molecular formula is C14H14FNO6S2. The molecule has 0 aliphatic heterocycles. The molecule has 1 heterocycles. The number of halogens is 1. The predicted molar refractivity (Wildman–Crippen MR) is 83.8 cm³/mol. The number of rotatable bonds is 6. The Morgan fingerprint density at radius 2 is 2.04 bits per heavy atom. The Hall–Kier alpha value is -2.20. The molecule has 0 aliphatic rings. The van der Waals surface area contributed by atoms with E-state index >= 15 is 0 Å². The van der Waals surface area contributed by atoms with E-state index in [1.165, 1.54) is 19.2 Å². The lowest BCUT2D eigenvalue weighted by molar-refractivity contribution is 0.0591. The molecule has 2 rings (SSSR count). The first-order chi connectivity index (χ1) is 11.3. The summed E-state index contributed by atoms with van der Waals surface area (Å²) >= 11 is 0.613. The minimum atomic E-state index is -3.67. The molecule has 0 radical (unpaired) electrons. The summed E-state index contributed by atoms with van der Waals surface area (Å²) in [5.41, 5.74) is 0.192. The smallest absolute Gasteiger partial charge is 0.345 e. The van der Waals surface area contributed by atoms with Gasteiger partial charge in [0, 0.05) is 6.26 Å². The number of ether oxygens (including phenoxy) is 3. The van der Waals surface area contributed by atoms with Gasteiger partial charge in [-0.3, -0.25) is 0 Å². The minimum Gasteiger partial charge on any atom is -0.494 e. The van der Waals surface area contributed by atoms with Crippen molar-refractivity contribution in [1.82, 2.24) is 4.37 Å². The van der Waals surface area contributed by atoms with Crippen molar-refractivity contribution in [3.05, 3.63) is 35.1 Å². The summed E-state index contributed by atoms with van der Waals surface area (Å²) in [6.45, 7) is -0.113. The maximum atomic E-state index is 13.7. The molecule has 10 heteroatoms. The van der Waals surface area contributed by atoms with Crippen LogP contribution in [0.15, 0.2) is 22.4 Å². The van der Waals surface area contributed by atoms with Crippen molar-refractivity contribution >= 4 is 27.3 Å². The van der Waals surface area contributed by atoms with Gasteiger partial charge in [0.1, 0.15) is 6.61 Å². The highest BCUT2D eigenvalue weighted by Gasteiger charge is 2.29. The van der Waals surface area contributed by atoms with Crippen molar-refractivity contribution in [2.45, 2.75) is 10.8 Å². The van der Waals surface area contributed by atoms with Gasteiger partial charge in [-0.2, -0.15) is 4.37 Å². The van der Waals surface area contributed by atoms with Crippen molar-refractivity contribution < 1.29 is 31.8 Å². The molecule has 0 unspecified atom stereocenters. The molecule has 7 nitrogen and oxygen atoms in total. The lowest BCUT2D eigenvalue weighted by Gasteiger charge is -2.07. The highest BCUT2D eigenvalue weighted by molar-refractivity contribution is 7.92. The molecule has 130 valence electrons. The monoisotopic (exact) mass is 375 g/mol. The van der Waals surface area contributed by atoms with Crippen LogP contribution in [0.4, 0.5) is 4.39 Å². The van der Waals surface area contributed by atoms with Crippen LogP contribution in [0.2, 0.25) is 0 Å². The minimum absolute atomic E-state index is 0.0852. The number of nitrogens with zero attached hydrogens (tertiary/aromatic N) is 1. The van der Waals surface area contributed by atoms with Crippen molar-refractivity contribution in [2.75, 3.05) is 20.5 Å². The van der Waals surface area contributed by atoms with Gasteiger partial charge in [-0.15, -0.1) is 0 Å². The summed E-state index contributed by atoms with van der Waals surface area (Å²) < 4.78 is 55.5. The average Bonchev–Trinajstić information content (AvgIpc) is 2.96. The van der Waals surface area contributed by atoms with Crippen LogP contribution < -0.4 is 9.47 Å². The van der Waals surface area contributed by atoms with Gasteiger partial charge in [-0.1, -0.05) is 6.07 Å². The van der Waals surface area contributed by atoms with Crippen molar-refractivity contribution in [3.8, 4) is 11.6 Å². The number of sulfone groups is 1. The number of benzene rings is 1. The van der Waals surface area contributed by atoms with E-state index in [0.717, 1.165) is 13.4 Å². The quantitative estimate of drug-likeness (QED) is 0.714. The van der Waals surface area contributed by atoms with Crippen molar-refractivity contribution in [1.29, 1.82) is 0 Å². The molecule has 0 N–H and O–H groups in total. The zero-order valence-electron chi connectivity index (χ0n) is 13.0. The number of aromatic nitrogens is 1. The maximum Gasteiger partial charge on any atom is 0.345 e. The Morgan fingerprint density at radius 1 is 1.33 bits per heavy atom. The van der Waals surface area contributed by atoms with E-state index < -0.39 is 21.6 Å². The van der Waals surface area contributed by atoms with Crippen LogP contribution in [-0.4, -0.2) is 39.2 Å². The molecule has 0 spiro atoms. The lowest BCUT2D eigenvalue weighted by Crippen LogP contribution is -2.09. The molecule has 24 heavy (non-hydrogen) atoms. The molecule has 1 aromatic carbocycles. The SMILES string of the molecule is COC(=O)c1c(OCc2ccc(OC)c(F)c2)nsc1S(C)(=O)=O. The second kappa shape index (κ2) is 7.14. The third-order valence-electron chi connectivity index (χ3n) is 2.95. The number of hydrogen-bond acceptors (Lipinski definition) is 8. The average molecular weight is 375 g/mol. The summed E-state index contributed by atoms with van der Waals surface area (Å²) in [4.78, 5) is 11.8. The van der Waals surface area contributed by atoms with Gasteiger partial charge < -0.3 is 14.2 Å². The van der Waals surface area contributed by atoms with Crippen LogP contribution >= 0.6 is 11.5 Å². The number of carbonyl (C=O) groups is 1. The zero-order chi connectivity index (χ0) is 17.9.